The van der Waals surface area contributed by atoms with Gasteiger partial charge in [-0.3, -0.25) is 4.98 Å². The van der Waals surface area contributed by atoms with E-state index in [4.69, 9.17) is 0 Å². The molecule has 106 valence electrons. The number of sulfonamides is 1. The number of pyridine rings is 1. The van der Waals surface area contributed by atoms with Crippen LogP contribution in [-0.2, 0) is 16.6 Å². The van der Waals surface area contributed by atoms with Gasteiger partial charge in [-0.25, -0.2) is 12.8 Å². The Bertz CT molecular complexity index is 702. The zero-order chi connectivity index (χ0) is 14.8. The van der Waals surface area contributed by atoms with E-state index in [9.17, 15) is 12.8 Å². The minimum Gasteiger partial charge on any atom is -0.264 e. The van der Waals surface area contributed by atoms with Crippen LogP contribution in [0.5, 0.6) is 0 Å². The minimum absolute atomic E-state index is 0.0103. The van der Waals surface area contributed by atoms with Crippen molar-refractivity contribution in [2.45, 2.75) is 18.4 Å². The van der Waals surface area contributed by atoms with Gasteiger partial charge < -0.3 is 0 Å². The smallest absolute Gasteiger partial charge is 0.243 e. The maximum Gasteiger partial charge on any atom is 0.243 e. The number of benzene rings is 1. The predicted molar refractivity (Wildman–Crippen MR) is 74.0 cm³/mol. The third-order valence-corrected chi connectivity index (χ3v) is 4.91. The van der Waals surface area contributed by atoms with E-state index in [1.807, 2.05) is 0 Å². The summed E-state index contributed by atoms with van der Waals surface area (Å²) in [6, 6.07) is 7.28. The fourth-order valence-electron chi connectivity index (χ4n) is 1.85. The summed E-state index contributed by atoms with van der Waals surface area (Å²) in [4.78, 5) is 3.93. The second kappa shape index (κ2) is 5.68. The molecule has 0 radical (unpaired) electrons. The van der Waals surface area contributed by atoms with Crippen LogP contribution in [0, 0.1) is 12.7 Å². The monoisotopic (exact) mass is 294 g/mol. The minimum atomic E-state index is -3.72. The van der Waals surface area contributed by atoms with Crippen LogP contribution in [0.2, 0.25) is 0 Å². The lowest BCUT2D eigenvalue weighted by atomic mass is 10.2. The average Bonchev–Trinajstić information content (AvgIpc) is 2.42. The van der Waals surface area contributed by atoms with Gasteiger partial charge in [0.05, 0.1) is 4.90 Å². The van der Waals surface area contributed by atoms with E-state index in [1.54, 1.807) is 31.5 Å². The highest BCUT2D eigenvalue weighted by Gasteiger charge is 2.23. The molecule has 1 aromatic carbocycles. The summed E-state index contributed by atoms with van der Waals surface area (Å²) in [5.74, 6) is -0.566. The van der Waals surface area contributed by atoms with Crippen molar-refractivity contribution in [1.29, 1.82) is 0 Å². The van der Waals surface area contributed by atoms with Crippen molar-refractivity contribution in [2.75, 3.05) is 7.05 Å². The summed E-state index contributed by atoms with van der Waals surface area (Å²) in [6.07, 6.45) is 3.22. The first-order chi connectivity index (χ1) is 9.41. The molecule has 1 aromatic heterocycles. The Morgan fingerprint density at radius 3 is 2.70 bits per heavy atom. The zero-order valence-electron chi connectivity index (χ0n) is 11.2. The van der Waals surface area contributed by atoms with Crippen molar-refractivity contribution < 1.29 is 12.8 Å². The van der Waals surface area contributed by atoms with Gasteiger partial charge in [0.25, 0.3) is 0 Å². The van der Waals surface area contributed by atoms with Crippen LogP contribution in [0.25, 0.3) is 0 Å². The van der Waals surface area contributed by atoms with Gasteiger partial charge in [0, 0.05) is 26.0 Å². The van der Waals surface area contributed by atoms with Crippen LogP contribution in [-0.4, -0.2) is 24.8 Å². The molecule has 0 fully saturated rings. The molecule has 2 aromatic rings. The Balaban J connectivity index is 2.32. The highest BCUT2D eigenvalue weighted by atomic mass is 32.2. The Labute approximate surface area is 117 Å². The van der Waals surface area contributed by atoms with Crippen molar-refractivity contribution in [3.63, 3.8) is 0 Å². The number of hydrogen-bond donors (Lipinski definition) is 0. The van der Waals surface area contributed by atoms with E-state index >= 15 is 0 Å². The second-order valence-corrected chi connectivity index (χ2v) is 6.55. The molecule has 0 N–H and O–H groups in total. The number of aromatic nitrogens is 1. The van der Waals surface area contributed by atoms with Crippen LogP contribution in [0.4, 0.5) is 4.39 Å². The highest BCUT2D eigenvalue weighted by molar-refractivity contribution is 7.89. The number of halogens is 1. The van der Waals surface area contributed by atoms with Gasteiger partial charge >= 0.3 is 0 Å². The Morgan fingerprint density at radius 1 is 1.30 bits per heavy atom. The molecule has 0 saturated heterocycles. The van der Waals surface area contributed by atoms with Crippen molar-refractivity contribution in [2.24, 2.45) is 0 Å². The number of hydrogen-bond acceptors (Lipinski definition) is 3. The number of rotatable bonds is 4. The van der Waals surface area contributed by atoms with Crippen LogP contribution in [0.3, 0.4) is 0 Å². The number of aryl methyl sites for hydroxylation is 1. The van der Waals surface area contributed by atoms with Crippen LogP contribution < -0.4 is 0 Å². The summed E-state index contributed by atoms with van der Waals surface area (Å²) in [5, 5.41) is 0. The summed E-state index contributed by atoms with van der Waals surface area (Å²) < 4.78 is 39.4. The molecule has 0 atom stereocenters. The fourth-order valence-corrected chi connectivity index (χ4v) is 3.24. The van der Waals surface area contributed by atoms with Gasteiger partial charge in [0.15, 0.2) is 0 Å². The van der Waals surface area contributed by atoms with E-state index in [1.165, 1.54) is 23.5 Å². The molecule has 6 heteroatoms. The molecule has 0 unspecified atom stereocenters. The molecule has 1 heterocycles. The van der Waals surface area contributed by atoms with E-state index in [2.05, 4.69) is 4.98 Å². The maximum atomic E-state index is 13.3. The van der Waals surface area contributed by atoms with E-state index < -0.39 is 15.8 Å². The maximum absolute atomic E-state index is 13.3. The van der Waals surface area contributed by atoms with Gasteiger partial charge in [-0.2, -0.15) is 4.31 Å². The summed E-state index contributed by atoms with van der Waals surface area (Å²) in [5.41, 5.74) is 1.29. The molecule has 0 amide bonds. The molecule has 0 aliphatic heterocycles. The molecule has 2 rings (SSSR count). The topological polar surface area (TPSA) is 50.3 Å². The summed E-state index contributed by atoms with van der Waals surface area (Å²) in [7, 11) is -2.26. The summed E-state index contributed by atoms with van der Waals surface area (Å²) >= 11 is 0. The first-order valence-corrected chi connectivity index (χ1v) is 7.46. The molecule has 0 saturated carbocycles. The van der Waals surface area contributed by atoms with Gasteiger partial charge in [-0.15, -0.1) is 0 Å². The first kappa shape index (κ1) is 14.6. The normalized spacial score (nSPS) is 11.8. The van der Waals surface area contributed by atoms with Gasteiger partial charge in [0.2, 0.25) is 10.0 Å². The lowest BCUT2D eigenvalue weighted by Crippen LogP contribution is -2.27. The number of nitrogens with zero attached hydrogens (tertiary/aromatic N) is 2. The molecular formula is C14H15FN2O2S. The fraction of sp³-hybridized carbons (Fsp3) is 0.214. The average molecular weight is 294 g/mol. The van der Waals surface area contributed by atoms with Gasteiger partial charge in [0.1, 0.15) is 5.82 Å². The molecule has 4 nitrogen and oxygen atoms in total. The van der Waals surface area contributed by atoms with E-state index in [-0.39, 0.29) is 11.4 Å². The second-order valence-electron chi connectivity index (χ2n) is 4.53. The zero-order valence-corrected chi connectivity index (χ0v) is 12.1. The third kappa shape index (κ3) is 3.02. The lowest BCUT2D eigenvalue weighted by Gasteiger charge is -2.18. The molecule has 20 heavy (non-hydrogen) atoms. The lowest BCUT2D eigenvalue weighted by molar-refractivity contribution is 0.465. The first-order valence-electron chi connectivity index (χ1n) is 6.02. The van der Waals surface area contributed by atoms with Crippen LogP contribution in [0.15, 0.2) is 47.6 Å². The predicted octanol–water partition coefficient (Wildman–Crippen LogP) is 2.35. The summed E-state index contributed by atoms with van der Waals surface area (Å²) in [6.45, 7) is 1.83. The standard InChI is InChI=1S/C14H15FN2O2S/c1-11-5-6-13(15)8-14(11)20(18,19)17(2)10-12-4-3-7-16-9-12/h3-9H,10H2,1-2H3. The molecule has 0 aliphatic carbocycles. The Hall–Kier alpha value is -1.79. The van der Waals surface area contributed by atoms with E-state index in [0.717, 1.165) is 11.6 Å². The SMILES string of the molecule is Cc1ccc(F)cc1S(=O)(=O)N(C)Cc1cccnc1. The Morgan fingerprint density at radius 2 is 2.05 bits per heavy atom. The largest absolute Gasteiger partial charge is 0.264 e. The van der Waals surface area contributed by atoms with Crippen molar-refractivity contribution in [3.8, 4) is 0 Å². The molecule has 0 spiro atoms. The molecule has 0 bridgehead atoms. The van der Waals surface area contributed by atoms with Crippen molar-refractivity contribution in [1.82, 2.24) is 9.29 Å². The molecule has 0 aliphatic rings. The van der Waals surface area contributed by atoms with Gasteiger partial charge in [-0.05, 0) is 36.2 Å². The van der Waals surface area contributed by atoms with Crippen molar-refractivity contribution in [3.05, 3.63) is 59.7 Å². The van der Waals surface area contributed by atoms with Crippen molar-refractivity contribution >= 4 is 10.0 Å². The Kier molecular flexibility index (Phi) is 4.15. The van der Waals surface area contributed by atoms with Crippen LogP contribution >= 0.6 is 0 Å². The third-order valence-electron chi connectivity index (χ3n) is 2.97. The van der Waals surface area contributed by atoms with E-state index in [0.29, 0.717) is 5.56 Å². The molecular weight excluding hydrogens is 279 g/mol. The van der Waals surface area contributed by atoms with Crippen LogP contribution in [0.1, 0.15) is 11.1 Å². The van der Waals surface area contributed by atoms with Gasteiger partial charge in [-0.1, -0.05) is 12.1 Å². The quantitative estimate of drug-likeness (QED) is 0.869. The highest BCUT2D eigenvalue weighted by Crippen LogP contribution is 2.21.